The van der Waals surface area contributed by atoms with E-state index in [4.69, 9.17) is 4.74 Å². The molecule has 2 fully saturated rings. The van der Waals surface area contributed by atoms with E-state index in [0.29, 0.717) is 6.04 Å². The molecule has 0 aromatic heterocycles. The molecule has 122 valence electrons. The average Bonchev–Trinajstić information content (AvgIpc) is 2.46. The zero-order chi connectivity index (χ0) is 15.5. The third-order valence-electron chi connectivity index (χ3n) is 4.61. The van der Waals surface area contributed by atoms with Gasteiger partial charge < -0.3 is 15.0 Å². The van der Waals surface area contributed by atoms with E-state index in [2.05, 4.69) is 17.1 Å². The molecule has 1 amide bonds. The lowest BCUT2D eigenvalue weighted by Crippen LogP contribution is -2.54. The number of carbonyl (C=O) groups excluding carboxylic acids is 1. The van der Waals surface area contributed by atoms with Crippen LogP contribution in [0, 0.1) is 5.92 Å². The largest absolute Gasteiger partial charge is 0.444 e. The molecular weight excluding hydrogens is 266 g/mol. The zero-order valence-electron chi connectivity index (χ0n) is 14.0. The first-order valence-corrected chi connectivity index (χ1v) is 8.29. The normalized spacial score (nSPS) is 23.9. The summed E-state index contributed by atoms with van der Waals surface area (Å²) in [6, 6.07) is 0.618. The molecule has 0 aliphatic carbocycles. The van der Waals surface area contributed by atoms with Crippen molar-refractivity contribution in [1.82, 2.24) is 15.1 Å². The molecule has 0 saturated carbocycles. The third-order valence-corrected chi connectivity index (χ3v) is 4.61. The highest BCUT2D eigenvalue weighted by atomic mass is 16.6. The molecule has 2 aliphatic heterocycles. The van der Waals surface area contributed by atoms with Crippen molar-refractivity contribution in [2.24, 2.45) is 5.92 Å². The Labute approximate surface area is 129 Å². The van der Waals surface area contributed by atoms with Crippen molar-refractivity contribution in [3.05, 3.63) is 0 Å². The van der Waals surface area contributed by atoms with Crippen molar-refractivity contribution >= 4 is 6.09 Å². The van der Waals surface area contributed by atoms with E-state index >= 15 is 0 Å². The summed E-state index contributed by atoms with van der Waals surface area (Å²) < 4.78 is 5.45. The molecule has 2 heterocycles. The molecule has 1 N–H and O–H groups in total. The van der Waals surface area contributed by atoms with Crippen LogP contribution in [0.5, 0.6) is 0 Å². The van der Waals surface area contributed by atoms with Crippen LogP contribution in [0.4, 0.5) is 4.79 Å². The quantitative estimate of drug-likeness (QED) is 0.846. The van der Waals surface area contributed by atoms with Gasteiger partial charge in [-0.05, 0) is 59.5 Å². The zero-order valence-corrected chi connectivity index (χ0v) is 14.0. The van der Waals surface area contributed by atoms with E-state index in [1.807, 2.05) is 25.7 Å². The number of hydrogen-bond donors (Lipinski definition) is 1. The fraction of sp³-hybridized carbons (Fsp3) is 0.938. The number of hydrogen-bond acceptors (Lipinski definition) is 4. The smallest absolute Gasteiger partial charge is 0.410 e. The summed E-state index contributed by atoms with van der Waals surface area (Å²) in [5.41, 5.74) is -0.406. The Bertz CT molecular complexity index is 340. The second-order valence-electron chi connectivity index (χ2n) is 7.33. The first-order chi connectivity index (χ1) is 9.87. The highest BCUT2D eigenvalue weighted by Crippen LogP contribution is 2.22. The summed E-state index contributed by atoms with van der Waals surface area (Å²) in [4.78, 5) is 16.5. The topological polar surface area (TPSA) is 44.8 Å². The van der Waals surface area contributed by atoms with Crippen LogP contribution in [0.25, 0.3) is 0 Å². The number of piperidine rings is 1. The summed E-state index contributed by atoms with van der Waals surface area (Å²) in [7, 11) is 0. The summed E-state index contributed by atoms with van der Waals surface area (Å²) in [6.07, 6.45) is 2.37. The molecule has 5 nitrogen and oxygen atoms in total. The number of nitrogens with zero attached hydrogens (tertiary/aromatic N) is 2. The van der Waals surface area contributed by atoms with E-state index in [1.54, 1.807) is 0 Å². The molecule has 5 heteroatoms. The Kier molecular flexibility index (Phi) is 5.49. The van der Waals surface area contributed by atoms with Crippen molar-refractivity contribution in [3.8, 4) is 0 Å². The van der Waals surface area contributed by atoms with Crippen LogP contribution in [-0.4, -0.2) is 66.8 Å². The predicted octanol–water partition coefficient (Wildman–Crippen LogP) is 1.93. The maximum Gasteiger partial charge on any atom is 0.410 e. The number of rotatable bonds is 2. The van der Waals surface area contributed by atoms with Crippen molar-refractivity contribution in [3.63, 3.8) is 0 Å². The Balaban J connectivity index is 1.78. The molecule has 0 aromatic carbocycles. The van der Waals surface area contributed by atoms with Gasteiger partial charge >= 0.3 is 6.09 Å². The molecule has 2 saturated heterocycles. The van der Waals surface area contributed by atoms with Crippen molar-refractivity contribution in [1.29, 1.82) is 0 Å². The lowest BCUT2D eigenvalue weighted by atomic mass is 9.90. The van der Waals surface area contributed by atoms with Gasteiger partial charge in [0.2, 0.25) is 0 Å². The van der Waals surface area contributed by atoms with Crippen molar-refractivity contribution in [2.45, 2.75) is 52.2 Å². The van der Waals surface area contributed by atoms with Gasteiger partial charge in [-0.1, -0.05) is 0 Å². The van der Waals surface area contributed by atoms with Crippen LogP contribution in [0.1, 0.15) is 40.5 Å². The predicted molar refractivity (Wildman–Crippen MR) is 84.4 cm³/mol. The van der Waals surface area contributed by atoms with Gasteiger partial charge in [0.1, 0.15) is 5.60 Å². The van der Waals surface area contributed by atoms with Gasteiger partial charge in [-0.15, -0.1) is 0 Å². The minimum Gasteiger partial charge on any atom is -0.444 e. The highest BCUT2D eigenvalue weighted by Gasteiger charge is 2.30. The van der Waals surface area contributed by atoms with Crippen molar-refractivity contribution in [2.75, 3.05) is 39.3 Å². The Morgan fingerprint density at radius 3 is 2.24 bits per heavy atom. The molecule has 21 heavy (non-hydrogen) atoms. The molecule has 0 bridgehead atoms. The number of carbonyl (C=O) groups is 1. The van der Waals surface area contributed by atoms with Crippen LogP contribution in [-0.2, 0) is 4.74 Å². The highest BCUT2D eigenvalue weighted by molar-refractivity contribution is 5.68. The Morgan fingerprint density at radius 1 is 1.14 bits per heavy atom. The maximum atomic E-state index is 12.1. The Morgan fingerprint density at radius 2 is 1.71 bits per heavy atom. The van der Waals surface area contributed by atoms with E-state index in [9.17, 15) is 4.79 Å². The van der Waals surface area contributed by atoms with E-state index in [-0.39, 0.29) is 6.09 Å². The number of ether oxygens (including phenoxy) is 1. The van der Waals surface area contributed by atoms with E-state index < -0.39 is 5.60 Å². The standard InChI is InChI=1S/C16H31N3O2/c1-13(14-5-7-17-8-6-14)18-9-11-19(12-10-18)15(20)21-16(2,3)4/h13-14,17H,5-12H2,1-4H3/t13-/m0/s1. The van der Waals surface area contributed by atoms with Crippen LogP contribution < -0.4 is 5.32 Å². The van der Waals surface area contributed by atoms with Gasteiger partial charge in [0.15, 0.2) is 0 Å². The molecule has 2 aliphatic rings. The van der Waals surface area contributed by atoms with E-state index in [0.717, 1.165) is 45.2 Å². The fourth-order valence-corrected chi connectivity index (χ4v) is 3.26. The molecule has 0 radical (unpaired) electrons. The van der Waals surface area contributed by atoms with Crippen LogP contribution in [0.2, 0.25) is 0 Å². The van der Waals surface area contributed by atoms with Crippen LogP contribution >= 0.6 is 0 Å². The average molecular weight is 297 g/mol. The van der Waals surface area contributed by atoms with Crippen molar-refractivity contribution < 1.29 is 9.53 Å². The van der Waals surface area contributed by atoms with Gasteiger partial charge in [0.05, 0.1) is 0 Å². The van der Waals surface area contributed by atoms with Gasteiger partial charge in [0.25, 0.3) is 0 Å². The number of piperazine rings is 1. The van der Waals surface area contributed by atoms with E-state index in [1.165, 1.54) is 12.8 Å². The first kappa shape index (κ1) is 16.6. The van der Waals surface area contributed by atoms with Gasteiger partial charge in [-0.3, -0.25) is 4.90 Å². The first-order valence-electron chi connectivity index (χ1n) is 8.29. The maximum absolute atomic E-state index is 12.1. The fourth-order valence-electron chi connectivity index (χ4n) is 3.26. The van der Waals surface area contributed by atoms with Gasteiger partial charge in [-0.25, -0.2) is 4.79 Å². The SMILES string of the molecule is C[C@@H](C1CCNCC1)N1CCN(C(=O)OC(C)(C)C)CC1. The monoisotopic (exact) mass is 297 g/mol. The van der Waals surface area contributed by atoms with Crippen LogP contribution in [0.3, 0.4) is 0 Å². The minimum atomic E-state index is -0.406. The second kappa shape index (κ2) is 6.97. The molecule has 2 rings (SSSR count). The number of amides is 1. The lowest BCUT2D eigenvalue weighted by Gasteiger charge is -2.42. The molecule has 0 unspecified atom stereocenters. The number of nitrogens with one attached hydrogen (secondary N) is 1. The summed E-state index contributed by atoms with van der Waals surface area (Å²) >= 11 is 0. The lowest BCUT2D eigenvalue weighted by molar-refractivity contribution is 0.00683. The summed E-state index contributed by atoms with van der Waals surface area (Å²) in [5, 5.41) is 3.43. The minimum absolute atomic E-state index is 0.170. The molecule has 0 aromatic rings. The summed E-state index contributed by atoms with van der Waals surface area (Å²) in [5.74, 6) is 0.791. The summed E-state index contributed by atoms with van der Waals surface area (Å²) in [6.45, 7) is 13.9. The second-order valence-corrected chi connectivity index (χ2v) is 7.33. The molecule has 0 spiro atoms. The Hall–Kier alpha value is -0.810. The molecule has 1 atom stereocenters. The molecular formula is C16H31N3O2. The third kappa shape index (κ3) is 4.85. The van der Waals surface area contributed by atoms with Crippen LogP contribution in [0.15, 0.2) is 0 Å². The van der Waals surface area contributed by atoms with Gasteiger partial charge in [0, 0.05) is 32.2 Å². The van der Waals surface area contributed by atoms with Gasteiger partial charge in [-0.2, -0.15) is 0 Å².